The molecule has 21 heavy (non-hydrogen) atoms. The van der Waals surface area contributed by atoms with Crippen molar-refractivity contribution in [1.82, 2.24) is 9.88 Å². The van der Waals surface area contributed by atoms with E-state index in [0.29, 0.717) is 17.6 Å². The second kappa shape index (κ2) is 5.87. The number of benzene rings is 1. The number of nitrogens with zero attached hydrogens (tertiary/aromatic N) is 2. The minimum absolute atomic E-state index is 0.0203. The van der Waals surface area contributed by atoms with Crippen LogP contribution in [0.15, 0.2) is 36.5 Å². The van der Waals surface area contributed by atoms with E-state index in [9.17, 15) is 10.1 Å². The monoisotopic (exact) mass is 305 g/mol. The van der Waals surface area contributed by atoms with Crippen LogP contribution in [0.5, 0.6) is 0 Å². The van der Waals surface area contributed by atoms with Crippen LogP contribution in [-0.4, -0.2) is 15.5 Å². The second-order valence-corrected chi connectivity index (χ2v) is 5.72. The molecule has 1 aromatic heterocycles. The number of nitro groups is 1. The number of non-ortho nitro benzene ring substituents is 1. The van der Waals surface area contributed by atoms with Crippen LogP contribution in [0.1, 0.15) is 24.1 Å². The first-order chi connectivity index (χ1) is 10.1. The maximum atomic E-state index is 10.7. The van der Waals surface area contributed by atoms with Crippen molar-refractivity contribution in [2.45, 2.75) is 32.0 Å². The van der Waals surface area contributed by atoms with E-state index < -0.39 is 4.92 Å². The summed E-state index contributed by atoms with van der Waals surface area (Å²) in [4.78, 5) is 10.3. The Morgan fingerprint density at radius 2 is 2.19 bits per heavy atom. The molecule has 1 aliphatic rings. The van der Waals surface area contributed by atoms with E-state index >= 15 is 0 Å². The predicted molar refractivity (Wildman–Crippen MR) is 81.5 cm³/mol. The van der Waals surface area contributed by atoms with Gasteiger partial charge in [0.25, 0.3) is 5.69 Å². The number of halogens is 1. The molecule has 5 nitrogen and oxygen atoms in total. The van der Waals surface area contributed by atoms with Crippen LogP contribution in [0, 0.1) is 10.1 Å². The summed E-state index contributed by atoms with van der Waals surface area (Å²) in [5.74, 6) is 0. The first kappa shape index (κ1) is 14.1. The van der Waals surface area contributed by atoms with E-state index in [2.05, 4.69) is 16.0 Å². The Morgan fingerprint density at radius 3 is 2.86 bits per heavy atom. The van der Waals surface area contributed by atoms with Gasteiger partial charge in [0.05, 0.1) is 9.95 Å². The van der Waals surface area contributed by atoms with Crippen molar-refractivity contribution in [1.29, 1.82) is 0 Å². The van der Waals surface area contributed by atoms with E-state index in [-0.39, 0.29) is 5.69 Å². The van der Waals surface area contributed by atoms with E-state index in [1.807, 2.05) is 12.3 Å². The minimum Gasteiger partial charge on any atom is -0.346 e. The summed E-state index contributed by atoms with van der Waals surface area (Å²) < 4.78 is 2.11. The lowest BCUT2D eigenvalue weighted by Gasteiger charge is -2.11. The fraction of sp³-hybridized carbons (Fsp3) is 0.333. The lowest BCUT2D eigenvalue weighted by Crippen LogP contribution is -2.18. The van der Waals surface area contributed by atoms with Crippen molar-refractivity contribution in [3.05, 3.63) is 62.9 Å². The van der Waals surface area contributed by atoms with E-state index in [1.165, 1.54) is 30.7 Å². The fourth-order valence-corrected chi connectivity index (χ4v) is 2.50. The van der Waals surface area contributed by atoms with Crippen LogP contribution in [0.2, 0.25) is 5.02 Å². The molecule has 6 heteroatoms. The molecule has 1 aliphatic carbocycles. The van der Waals surface area contributed by atoms with Crippen molar-refractivity contribution >= 4 is 17.3 Å². The highest BCUT2D eigenvalue weighted by Crippen LogP contribution is 2.24. The Balaban J connectivity index is 1.73. The van der Waals surface area contributed by atoms with Gasteiger partial charge in [0.15, 0.2) is 0 Å². The van der Waals surface area contributed by atoms with E-state index in [0.717, 1.165) is 12.1 Å². The van der Waals surface area contributed by atoms with Crippen LogP contribution >= 0.6 is 11.6 Å². The van der Waals surface area contributed by atoms with Crippen molar-refractivity contribution in [3.8, 4) is 0 Å². The summed E-state index contributed by atoms with van der Waals surface area (Å²) in [6.07, 6.45) is 4.52. The van der Waals surface area contributed by atoms with Crippen LogP contribution in [0.25, 0.3) is 0 Å². The highest BCUT2D eigenvalue weighted by atomic mass is 35.5. The molecule has 0 atom stereocenters. The second-order valence-electron chi connectivity index (χ2n) is 5.32. The summed E-state index contributed by atoms with van der Waals surface area (Å²) in [5.41, 5.74) is 2.09. The smallest absolute Gasteiger partial charge is 0.270 e. The van der Waals surface area contributed by atoms with E-state index in [4.69, 9.17) is 11.6 Å². The largest absolute Gasteiger partial charge is 0.346 e. The van der Waals surface area contributed by atoms with Gasteiger partial charge in [-0.05, 0) is 36.6 Å². The van der Waals surface area contributed by atoms with Gasteiger partial charge in [0.1, 0.15) is 0 Å². The van der Waals surface area contributed by atoms with Crippen molar-refractivity contribution in [2.24, 2.45) is 0 Å². The molecule has 0 saturated heterocycles. The lowest BCUT2D eigenvalue weighted by atomic mass is 10.2. The van der Waals surface area contributed by atoms with Gasteiger partial charge >= 0.3 is 0 Å². The predicted octanol–water partition coefficient (Wildman–Crippen LogP) is 3.35. The number of aromatic nitrogens is 1. The SMILES string of the molecule is O=[N+]([O-])c1ccc(Cn2cccc2CNC2CC2)c(Cl)c1. The summed E-state index contributed by atoms with van der Waals surface area (Å²) in [6, 6.07) is 9.36. The Morgan fingerprint density at radius 1 is 1.38 bits per heavy atom. The summed E-state index contributed by atoms with van der Waals surface area (Å²) in [7, 11) is 0. The van der Waals surface area contributed by atoms with Gasteiger partial charge in [0, 0.05) is 43.2 Å². The number of hydrogen-bond acceptors (Lipinski definition) is 3. The standard InChI is InChI=1S/C15H16ClN3O2/c16-15-8-13(19(20)21)6-3-11(15)10-18-7-1-2-14(18)9-17-12-4-5-12/h1-3,6-8,12,17H,4-5,9-10H2. The van der Waals surface area contributed by atoms with Gasteiger partial charge in [-0.25, -0.2) is 0 Å². The zero-order valence-corrected chi connectivity index (χ0v) is 12.2. The molecule has 2 aromatic rings. The van der Waals surface area contributed by atoms with Crippen molar-refractivity contribution < 1.29 is 4.92 Å². The van der Waals surface area contributed by atoms with Gasteiger partial charge in [0.2, 0.25) is 0 Å². The zero-order chi connectivity index (χ0) is 14.8. The Bertz CT molecular complexity index is 665. The average Bonchev–Trinajstić information content (AvgIpc) is 3.18. The normalized spacial score (nSPS) is 14.3. The third kappa shape index (κ3) is 3.43. The molecule has 1 fully saturated rings. The van der Waals surface area contributed by atoms with Crippen LogP contribution in [-0.2, 0) is 13.1 Å². The highest BCUT2D eigenvalue weighted by molar-refractivity contribution is 6.31. The Kier molecular flexibility index (Phi) is 3.94. The molecule has 0 unspecified atom stereocenters. The minimum atomic E-state index is -0.434. The summed E-state index contributed by atoms with van der Waals surface area (Å²) in [5, 5.41) is 14.6. The van der Waals surface area contributed by atoms with Gasteiger partial charge < -0.3 is 9.88 Å². The number of nitrogens with one attached hydrogen (secondary N) is 1. The molecule has 0 aliphatic heterocycles. The molecule has 0 spiro atoms. The number of rotatable bonds is 6. The highest BCUT2D eigenvalue weighted by Gasteiger charge is 2.20. The average molecular weight is 306 g/mol. The fourth-order valence-electron chi connectivity index (χ4n) is 2.26. The molecular weight excluding hydrogens is 290 g/mol. The van der Waals surface area contributed by atoms with Gasteiger partial charge in [-0.1, -0.05) is 11.6 Å². The Labute approximate surface area is 127 Å². The molecule has 3 rings (SSSR count). The third-order valence-electron chi connectivity index (χ3n) is 3.66. The lowest BCUT2D eigenvalue weighted by molar-refractivity contribution is -0.384. The van der Waals surface area contributed by atoms with Crippen LogP contribution in [0.3, 0.4) is 0 Å². The number of hydrogen-bond donors (Lipinski definition) is 1. The molecule has 1 saturated carbocycles. The van der Waals surface area contributed by atoms with Gasteiger partial charge in [-0.15, -0.1) is 0 Å². The van der Waals surface area contributed by atoms with Crippen LogP contribution < -0.4 is 5.32 Å². The van der Waals surface area contributed by atoms with Crippen LogP contribution in [0.4, 0.5) is 5.69 Å². The van der Waals surface area contributed by atoms with Crippen molar-refractivity contribution in [3.63, 3.8) is 0 Å². The molecule has 0 amide bonds. The summed E-state index contributed by atoms with van der Waals surface area (Å²) in [6.45, 7) is 1.45. The topological polar surface area (TPSA) is 60.1 Å². The Hall–Kier alpha value is -1.85. The number of nitro benzene ring substituents is 1. The maximum absolute atomic E-state index is 10.7. The molecule has 1 aromatic carbocycles. The molecule has 0 bridgehead atoms. The molecular formula is C15H16ClN3O2. The zero-order valence-electron chi connectivity index (χ0n) is 11.5. The molecule has 110 valence electrons. The van der Waals surface area contributed by atoms with Crippen molar-refractivity contribution in [2.75, 3.05) is 0 Å². The molecule has 1 N–H and O–H groups in total. The van der Waals surface area contributed by atoms with E-state index in [1.54, 1.807) is 6.07 Å². The third-order valence-corrected chi connectivity index (χ3v) is 4.01. The molecule has 1 heterocycles. The molecule has 0 radical (unpaired) electrons. The maximum Gasteiger partial charge on any atom is 0.270 e. The van der Waals surface area contributed by atoms with Gasteiger partial charge in [-0.2, -0.15) is 0 Å². The summed E-state index contributed by atoms with van der Waals surface area (Å²) >= 11 is 6.15. The van der Waals surface area contributed by atoms with Gasteiger partial charge in [-0.3, -0.25) is 10.1 Å². The first-order valence-corrected chi connectivity index (χ1v) is 7.31. The first-order valence-electron chi connectivity index (χ1n) is 6.93. The quantitative estimate of drug-likeness (QED) is 0.657.